The molecule has 1 unspecified atom stereocenters. The van der Waals surface area contributed by atoms with Crippen molar-refractivity contribution in [2.24, 2.45) is 5.92 Å². The van der Waals surface area contributed by atoms with E-state index < -0.39 is 0 Å². The van der Waals surface area contributed by atoms with Crippen LogP contribution in [0.15, 0.2) is 11.4 Å². The van der Waals surface area contributed by atoms with Crippen molar-refractivity contribution in [3.8, 4) is 0 Å². The molecule has 1 aromatic rings. The summed E-state index contributed by atoms with van der Waals surface area (Å²) in [6.07, 6.45) is 4.00. The van der Waals surface area contributed by atoms with Gasteiger partial charge in [0.2, 0.25) is 0 Å². The third kappa shape index (κ3) is 2.01. The zero-order valence-corrected chi connectivity index (χ0v) is 9.86. The molecule has 1 nitrogen and oxygen atoms in total. The summed E-state index contributed by atoms with van der Waals surface area (Å²) < 4.78 is 0. The lowest BCUT2D eigenvalue weighted by Crippen LogP contribution is -2.22. The van der Waals surface area contributed by atoms with Crippen molar-refractivity contribution >= 4 is 11.3 Å². The Morgan fingerprint density at radius 1 is 1.50 bits per heavy atom. The Bertz CT molecular complexity index is 288. The Balaban J connectivity index is 2.16. The summed E-state index contributed by atoms with van der Waals surface area (Å²) in [5.74, 6) is 0.916. The summed E-state index contributed by atoms with van der Waals surface area (Å²) in [4.78, 5) is 1.59. The fourth-order valence-corrected chi connectivity index (χ4v) is 3.20. The van der Waals surface area contributed by atoms with E-state index in [-0.39, 0.29) is 0 Å². The first-order valence-electron chi connectivity index (χ1n) is 5.66. The van der Waals surface area contributed by atoms with Gasteiger partial charge in [0, 0.05) is 10.9 Å². The topological polar surface area (TPSA) is 12.0 Å². The maximum Gasteiger partial charge on any atom is 0.0446 e. The maximum atomic E-state index is 3.63. The molecule has 1 heterocycles. The van der Waals surface area contributed by atoms with Crippen molar-refractivity contribution in [3.05, 3.63) is 21.9 Å². The van der Waals surface area contributed by atoms with Crippen molar-refractivity contribution < 1.29 is 0 Å². The smallest absolute Gasteiger partial charge is 0.0446 e. The van der Waals surface area contributed by atoms with Gasteiger partial charge in [0.05, 0.1) is 0 Å². The molecular formula is C12H19NS. The normalized spacial score (nSPS) is 18.4. The number of hydrogen-bond donors (Lipinski definition) is 1. The van der Waals surface area contributed by atoms with Gasteiger partial charge in [0.1, 0.15) is 0 Å². The molecule has 0 spiro atoms. The average molecular weight is 209 g/mol. The molecule has 1 N–H and O–H groups in total. The minimum absolute atomic E-state index is 0.648. The number of aryl methyl sites for hydroxylation is 1. The van der Waals surface area contributed by atoms with E-state index in [1.54, 1.807) is 10.4 Å². The van der Waals surface area contributed by atoms with Crippen LogP contribution in [0.4, 0.5) is 0 Å². The van der Waals surface area contributed by atoms with Crippen LogP contribution in [-0.2, 0) is 6.42 Å². The van der Waals surface area contributed by atoms with Gasteiger partial charge < -0.3 is 5.32 Å². The Morgan fingerprint density at radius 3 is 2.86 bits per heavy atom. The Labute approximate surface area is 90.5 Å². The summed E-state index contributed by atoms with van der Waals surface area (Å²) in [7, 11) is 0. The van der Waals surface area contributed by atoms with Gasteiger partial charge in [-0.3, -0.25) is 0 Å². The van der Waals surface area contributed by atoms with E-state index in [2.05, 4.69) is 30.6 Å². The lowest BCUT2D eigenvalue weighted by Gasteiger charge is -2.17. The predicted octanol–water partition coefficient (Wildman–Crippen LogP) is 3.37. The number of rotatable bonds is 5. The second kappa shape index (κ2) is 4.45. The molecule has 1 aromatic heterocycles. The van der Waals surface area contributed by atoms with Crippen LogP contribution in [0.25, 0.3) is 0 Å². The summed E-state index contributed by atoms with van der Waals surface area (Å²) >= 11 is 1.93. The van der Waals surface area contributed by atoms with Crippen LogP contribution in [0.5, 0.6) is 0 Å². The van der Waals surface area contributed by atoms with Gasteiger partial charge in [-0.05, 0) is 48.7 Å². The maximum absolute atomic E-state index is 3.63. The molecule has 1 atom stereocenters. The Morgan fingerprint density at radius 2 is 2.29 bits per heavy atom. The first-order chi connectivity index (χ1) is 6.86. The third-order valence-corrected chi connectivity index (χ3v) is 4.00. The van der Waals surface area contributed by atoms with Crippen molar-refractivity contribution in [3.63, 3.8) is 0 Å². The standard InChI is InChI=1S/C12H19NS/c1-3-9-7-8-14-12(9)11(13-4-2)10-5-6-10/h7-8,10-11,13H,3-6H2,1-2H3. The van der Waals surface area contributed by atoms with Gasteiger partial charge in [-0.2, -0.15) is 0 Å². The van der Waals surface area contributed by atoms with Crippen LogP contribution in [0, 0.1) is 5.92 Å². The number of thiophene rings is 1. The van der Waals surface area contributed by atoms with Crippen molar-refractivity contribution in [2.75, 3.05) is 6.54 Å². The molecule has 0 bridgehead atoms. The lowest BCUT2D eigenvalue weighted by atomic mass is 10.1. The lowest BCUT2D eigenvalue weighted by molar-refractivity contribution is 0.501. The minimum atomic E-state index is 0.648. The van der Waals surface area contributed by atoms with Crippen molar-refractivity contribution in [1.29, 1.82) is 0 Å². The average Bonchev–Trinajstić information content (AvgIpc) is 2.92. The van der Waals surface area contributed by atoms with Gasteiger partial charge >= 0.3 is 0 Å². The SMILES string of the molecule is CCNC(c1sccc1CC)C1CC1. The highest BCUT2D eigenvalue weighted by Crippen LogP contribution is 2.43. The monoisotopic (exact) mass is 209 g/mol. The van der Waals surface area contributed by atoms with E-state index in [1.807, 2.05) is 11.3 Å². The van der Waals surface area contributed by atoms with E-state index in [0.717, 1.165) is 12.5 Å². The number of nitrogens with one attached hydrogen (secondary N) is 1. The molecule has 1 aliphatic rings. The first kappa shape index (κ1) is 10.2. The molecule has 2 heteroatoms. The van der Waals surface area contributed by atoms with Crippen LogP contribution >= 0.6 is 11.3 Å². The Kier molecular flexibility index (Phi) is 3.24. The van der Waals surface area contributed by atoms with E-state index in [1.165, 1.54) is 19.3 Å². The molecular weight excluding hydrogens is 190 g/mol. The van der Waals surface area contributed by atoms with Gasteiger partial charge in [-0.15, -0.1) is 11.3 Å². The van der Waals surface area contributed by atoms with Crippen LogP contribution in [0.3, 0.4) is 0 Å². The van der Waals surface area contributed by atoms with Crippen molar-refractivity contribution in [2.45, 2.75) is 39.2 Å². The molecule has 2 rings (SSSR count). The second-order valence-electron chi connectivity index (χ2n) is 4.04. The second-order valence-corrected chi connectivity index (χ2v) is 4.98. The first-order valence-corrected chi connectivity index (χ1v) is 6.54. The highest BCUT2D eigenvalue weighted by Gasteiger charge is 2.33. The molecule has 78 valence electrons. The highest BCUT2D eigenvalue weighted by molar-refractivity contribution is 7.10. The zero-order valence-electron chi connectivity index (χ0n) is 9.05. The van der Waals surface area contributed by atoms with Gasteiger partial charge in [0.25, 0.3) is 0 Å². The molecule has 0 radical (unpaired) electrons. The molecule has 14 heavy (non-hydrogen) atoms. The largest absolute Gasteiger partial charge is 0.309 e. The molecule has 0 aromatic carbocycles. The Hall–Kier alpha value is -0.340. The molecule has 0 amide bonds. The van der Waals surface area contributed by atoms with Gasteiger partial charge in [0.15, 0.2) is 0 Å². The van der Waals surface area contributed by atoms with E-state index >= 15 is 0 Å². The van der Waals surface area contributed by atoms with E-state index in [9.17, 15) is 0 Å². The number of hydrogen-bond acceptors (Lipinski definition) is 2. The van der Waals surface area contributed by atoms with Gasteiger partial charge in [-0.1, -0.05) is 13.8 Å². The zero-order chi connectivity index (χ0) is 9.97. The van der Waals surface area contributed by atoms with Crippen LogP contribution in [0.2, 0.25) is 0 Å². The highest BCUT2D eigenvalue weighted by atomic mass is 32.1. The van der Waals surface area contributed by atoms with Crippen molar-refractivity contribution in [1.82, 2.24) is 5.32 Å². The molecule has 1 fully saturated rings. The van der Waals surface area contributed by atoms with Crippen LogP contribution < -0.4 is 5.32 Å². The molecule has 1 aliphatic carbocycles. The summed E-state index contributed by atoms with van der Waals surface area (Å²) in [5, 5.41) is 5.87. The molecule has 1 saturated carbocycles. The predicted molar refractivity (Wildman–Crippen MR) is 62.8 cm³/mol. The summed E-state index contributed by atoms with van der Waals surface area (Å²) in [6.45, 7) is 5.54. The third-order valence-electron chi connectivity index (χ3n) is 2.96. The van der Waals surface area contributed by atoms with Crippen LogP contribution in [0.1, 0.15) is 43.2 Å². The van der Waals surface area contributed by atoms with E-state index in [0.29, 0.717) is 6.04 Å². The fraction of sp³-hybridized carbons (Fsp3) is 0.667. The van der Waals surface area contributed by atoms with Crippen LogP contribution in [-0.4, -0.2) is 6.54 Å². The van der Waals surface area contributed by atoms with E-state index in [4.69, 9.17) is 0 Å². The fourth-order valence-electron chi connectivity index (χ4n) is 2.04. The quantitative estimate of drug-likeness (QED) is 0.784. The molecule has 0 saturated heterocycles. The summed E-state index contributed by atoms with van der Waals surface area (Å²) in [5.41, 5.74) is 1.55. The van der Waals surface area contributed by atoms with Gasteiger partial charge in [-0.25, -0.2) is 0 Å². The minimum Gasteiger partial charge on any atom is -0.309 e. The summed E-state index contributed by atoms with van der Waals surface area (Å²) in [6, 6.07) is 2.93. The molecule has 0 aliphatic heterocycles.